The summed E-state index contributed by atoms with van der Waals surface area (Å²) in [6.07, 6.45) is 3.59. The van der Waals surface area contributed by atoms with Crippen molar-refractivity contribution < 1.29 is 17.6 Å². The monoisotopic (exact) mass is 478 g/mol. The minimum Gasteiger partial charge on any atom is -0.350 e. The topological polar surface area (TPSA) is 84.3 Å². The number of carbonyl (C=O) groups is 1. The van der Waals surface area contributed by atoms with E-state index in [4.69, 9.17) is 0 Å². The molecular weight excluding hydrogens is 455 g/mol. The Bertz CT molecular complexity index is 1370. The molecule has 0 saturated heterocycles. The average Bonchev–Trinajstić information content (AvgIpc) is 3.28. The number of aromatic nitrogens is 2. The van der Waals surface area contributed by atoms with E-state index in [1.165, 1.54) is 24.3 Å². The molecule has 1 aromatic heterocycles. The van der Waals surface area contributed by atoms with Gasteiger partial charge in [-0.3, -0.25) is 9.10 Å². The highest BCUT2D eigenvalue weighted by Crippen LogP contribution is 2.23. The van der Waals surface area contributed by atoms with Crippen LogP contribution in [0.15, 0.2) is 96.2 Å². The molecule has 0 saturated carbocycles. The number of anilines is 1. The van der Waals surface area contributed by atoms with E-state index in [1.807, 2.05) is 42.0 Å². The molecule has 0 bridgehead atoms. The van der Waals surface area contributed by atoms with Crippen LogP contribution in [-0.4, -0.2) is 30.4 Å². The van der Waals surface area contributed by atoms with Gasteiger partial charge in [-0.15, -0.1) is 0 Å². The van der Waals surface area contributed by atoms with Crippen molar-refractivity contribution in [2.45, 2.75) is 18.4 Å². The van der Waals surface area contributed by atoms with Crippen LogP contribution >= 0.6 is 0 Å². The Morgan fingerprint density at radius 3 is 2.29 bits per heavy atom. The molecular formula is C25H23FN4O3S. The summed E-state index contributed by atoms with van der Waals surface area (Å²) in [6.45, 7) is 1.68. The molecule has 0 radical (unpaired) electrons. The molecule has 3 aromatic carbocycles. The van der Waals surface area contributed by atoms with Crippen molar-refractivity contribution in [2.75, 3.05) is 10.8 Å². The van der Waals surface area contributed by atoms with E-state index in [-0.39, 0.29) is 17.1 Å². The van der Waals surface area contributed by atoms with Crippen molar-refractivity contribution in [1.82, 2.24) is 14.9 Å². The summed E-state index contributed by atoms with van der Waals surface area (Å²) in [5.41, 5.74) is 2.00. The summed E-state index contributed by atoms with van der Waals surface area (Å²) < 4.78 is 42.8. The fourth-order valence-electron chi connectivity index (χ4n) is 3.45. The minimum absolute atomic E-state index is 0.0394. The molecule has 4 rings (SSSR count). The number of hydrogen-bond acceptors (Lipinski definition) is 4. The molecule has 0 atom stereocenters. The van der Waals surface area contributed by atoms with Gasteiger partial charge in [-0.2, -0.15) is 0 Å². The Hall–Kier alpha value is -3.98. The lowest BCUT2D eigenvalue weighted by molar-refractivity contribution is -0.119. The minimum atomic E-state index is -4.04. The summed E-state index contributed by atoms with van der Waals surface area (Å²) in [4.78, 5) is 17.0. The highest BCUT2D eigenvalue weighted by Gasteiger charge is 2.27. The van der Waals surface area contributed by atoms with Crippen LogP contribution < -0.4 is 9.62 Å². The van der Waals surface area contributed by atoms with E-state index in [0.717, 1.165) is 33.5 Å². The van der Waals surface area contributed by atoms with Crippen LogP contribution in [0.25, 0.3) is 5.69 Å². The number of imidazole rings is 1. The van der Waals surface area contributed by atoms with Crippen LogP contribution in [0.2, 0.25) is 0 Å². The fraction of sp³-hybridized carbons (Fsp3) is 0.120. The van der Waals surface area contributed by atoms with Gasteiger partial charge in [0.15, 0.2) is 0 Å². The number of nitrogens with one attached hydrogen (secondary N) is 1. The molecule has 4 aromatic rings. The van der Waals surface area contributed by atoms with Crippen LogP contribution in [0.4, 0.5) is 10.1 Å². The largest absolute Gasteiger partial charge is 0.350 e. The van der Waals surface area contributed by atoms with Gasteiger partial charge in [0.25, 0.3) is 10.0 Å². The zero-order valence-electron chi connectivity index (χ0n) is 18.4. The maximum atomic E-state index is 13.4. The van der Waals surface area contributed by atoms with Gasteiger partial charge in [0.1, 0.15) is 18.2 Å². The van der Waals surface area contributed by atoms with Crippen LogP contribution in [0.5, 0.6) is 0 Å². The second kappa shape index (κ2) is 9.88. The summed E-state index contributed by atoms with van der Waals surface area (Å²) in [7, 11) is -4.04. The van der Waals surface area contributed by atoms with E-state index >= 15 is 0 Å². The quantitative estimate of drug-likeness (QED) is 0.417. The molecule has 1 amide bonds. The number of benzene rings is 3. The predicted octanol–water partition coefficient (Wildman–Crippen LogP) is 3.83. The Morgan fingerprint density at radius 2 is 1.68 bits per heavy atom. The molecule has 0 fully saturated rings. The number of hydrogen-bond donors (Lipinski definition) is 1. The smallest absolute Gasteiger partial charge is 0.264 e. The highest BCUT2D eigenvalue weighted by molar-refractivity contribution is 7.92. The second-order valence-corrected chi connectivity index (χ2v) is 9.45. The summed E-state index contributed by atoms with van der Waals surface area (Å²) >= 11 is 0. The van der Waals surface area contributed by atoms with Crippen molar-refractivity contribution in [2.24, 2.45) is 0 Å². The predicted molar refractivity (Wildman–Crippen MR) is 128 cm³/mol. The molecule has 34 heavy (non-hydrogen) atoms. The summed E-state index contributed by atoms with van der Waals surface area (Å²) in [5.74, 6) is -0.125. The lowest BCUT2D eigenvalue weighted by Crippen LogP contribution is -2.40. The van der Waals surface area contributed by atoms with Gasteiger partial charge in [0, 0.05) is 24.6 Å². The van der Waals surface area contributed by atoms with Gasteiger partial charge in [-0.1, -0.05) is 30.3 Å². The molecule has 9 heteroatoms. The zero-order chi connectivity index (χ0) is 24.1. The van der Waals surface area contributed by atoms with E-state index in [9.17, 15) is 17.6 Å². The van der Waals surface area contributed by atoms with Crippen LogP contribution in [-0.2, 0) is 21.4 Å². The number of halogens is 1. The third kappa shape index (κ3) is 5.15. The number of sulfonamides is 1. The first-order valence-electron chi connectivity index (χ1n) is 10.5. The Labute approximate surface area is 197 Å². The van der Waals surface area contributed by atoms with Crippen molar-refractivity contribution in [1.29, 1.82) is 0 Å². The number of amides is 1. The van der Waals surface area contributed by atoms with E-state index in [1.54, 1.807) is 24.4 Å². The first-order valence-corrected chi connectivity index (χ1v) is 12.0. The maximum absolute atomic E-state index is 13.4. The lowest BCUT2D eigenvalue weighted by Gasteiger charge is -2.24. The fourth-order valence-corrected chi connectivity index (χ4v) is 4.90. The maximum Gasteiger partial charge on any atom is 0.264 e. The third-order valence-electron chi connectivity index (χ3n) is 5.26. The molecule has 1 heterocycles. The standard InChI is InChI=1S/C25H23FN4O3S/c1-19-27-15-16-29(19)22-11-7-20(8-12-22)17-28-25(31)18-30(23-13-9-21(26)10-14-23)34(32,33)24-5-3-2-4-6-24/h2-16H,17-18H2,1H3,(H,28,31). The van der Waals surface area contributed by atoms with Gasteiger partial charge in [0.05, 0.1) is 10.6 Å². The van der Waals surface area contributed by atoms with Crippen molar-refractivity contribution in [3.63, 3.8) is 0 Å². The second-order valence-electron chi connectivity index (χ2n) is 7.59. The van der Waals surface area contributed by atoms with E-state index < -0.39 is 28.3 Å². The average molecular weight is 479 g/mol. The van der Waals surface area contributed by atoms with Crippen molar-refractivity contribution >= 4 is 21.6 Å². The summed E-state index contributed by atoms with van der Waals surface area (Å²) in [5, 5.41) is 2.76. The molecule has 174 valence electrons. The third-order valence-corrected chi connectivity index (χ3v) is 7.05. The van der Waals surface area contributed by atoms with Gasteiger partial charge < -0.3 is 9.88 Å². The number of nitrogens with zero attached hydrogens (tertiary/aromatic N) is 3. The molecule has 0 spiro atoms. The van der Waals surface area contributed by atoms with Gasteiger partial charge in [0.2, 0.25) is 5.91 Å². The van der Waals surface area contributed by atoms with Crippen LogP contribution in [0, 0.1) is 12.7 Å². The summed E-state index contributed by atoms with van der Waals surface area (Å²) in [6, 6.07) is 20.4. The zero-order valence-corrected chi connectivity index (χ0v) is 19.2. The van der Waals surface area contributed by atoms with E-state index in [0.29, 0.717) is 0 Å². The van der Waals surface area contributed by atoms with Crippen LogP contribution in [0.1, 0.15) is 11.4 Å². The number of rotatable bonds is 8. The van der Waals surface area contributed by atoms with Gasteiger partial charge in [-0.05, 0) is 61.0 Å². The van der Waals surface area contributed by atoms with Gasteiger partial charge in [-0.25, -0.2) is 17.8 Å². The molecule has 0 aliphatic carbocycles. The van der Waals surface area contributed by atoms with E-state index in [2.05, 4.69) is 10.3 Å². The Kier molecular flexibility index (Phi) is 6.74. The van der Waals surface area contributed by atoms with Crippen molar-refractivity contribution in [3.05, 3.63) is 108 Å². The molecule has 1 N–H and O–H groups in total. The SMILES string of the molecule is Cc1nccn1-c1ccc(CNC(=O)CN(c2ccc(F)cc2)S(=O)(=O)c2ccccc2)cc1. The number of carbonyl (C=O) groups excluding carboxylic acids is 1. The normalized spacial score (nSPS) is 11.2. The lowest BCUT2D eigenvalue weighted by atomic mass is 10.2. The number of aryl methyl sites for hydroxylation is 1. The molecule has 7 nitrogen and oxygen atoms in total. The Balaban J connectivity index is 1.49. The molecule has 0 aliphatic heterocycles. The highest BCUT2D eigenvalue weighted by atomic mass is 32.2. The molecule has 0 unspecified atom stereocenters. The Morgan fingerprint density at radius 1 is 1.00 bits per heavy atom. The van der Waals surface area contributed by atoms with Gasteiger partial charge >= 0.3 is 0 Å². The first kappa shape index (κ1) is 23.2. The first-order chi connectivity index (χ1) is 16.3. The van der Waals surface area contributed by atoms with Crippen molar-refractivity contribution in [3.8, 4) is 5.69 Å². The molecule has 0 aliphatic rings. The van der Waals surface area contributed by atoms with Crippen LogP contribution in [0.3, 0.4) is 0 Å².